The summed E-state index contributed by atoms with van der Waals surface area (Å²) in [5, 5.41) is 0. The van der Waals surface area contributed by atoms with E-state index >= 15 is 0 Å². The molecule has 0 amide bonds. The molecule has 0 unspecified atom stereocenters. The number of rotatable bonds is 7. The highest BCUT2D eigenvalue weighted by molar-refractivity contribution is 6.03. The molecule has 1 aromatic rings. The fourth-order valence-electron chi connectivity index (χ4n) is 2.76. The van der Waals surface area contributed by atoms with Crippen molar-refractivity contribution in [2.24, 2.45) is 0 Å². The summed E-state index contributed by atoms with van der Waals surface area (Å²) >= 11 is 0. The van der Waals surface area contributed by atoms with E-state index in [-0.39, 0.29) is 11.3 Å². The van der Waals surface area contributed by atoms with E-state index in [2.05, 4.69) is 37.6 Å². The smallest absolute Gasteiger partial charge is 0.184 e. The van der Waals surface area contributed by atoms with Gasteiger partial charge in [0.05, 0.1) is 5.54 Å². The molecule has 0 aliphatic carbocycles. The Morgan fingerprint density at radius 2 is 1.83 bits per heavy atom. The lowest BCUT2D eigenvalue weighted by molar-refractivity contribution is 0.0534. The van der Waals surface area contributed by atoms with Crippen molar-refractivity contribution in [3.63, 3.8) is 0 Å². The van der Waals surface area contributed by atoms with Gasteiger partial charge in [-0.15, -0.1) is 0 Å². The first kappa shape index (κ1) is 14.8. The van der Waals surface area contributed by atoms with Crippen molar-refractivity contribution in [1.82, 2.24) is 9.88 Å². The fourth-order valence-corrected chi connectivity index (χ4v) is 2.76. The number of ketones is 1. The highest BCUT2D eigenvalue weighted by Gasteiger charge is 2.39. The van der Waals surface area contributed by atoms with Gasteiger partial charge in [0.1, 0.15) is 0 Å². The third kappa shape index (κ3) is 2.61. The van der Waals surface area contributed by atoms with Crippen LogP contribution < -0.4 is 0 Å². The van der Waals surface area contributed by atoms with E-state index in [1.807, 2.05) is 12.1 Å². The molecular weight excluding hydrogens is 224 g/mol. The number of aromatic nitrogens is 1. The standard InChI is InChI=1S/C15H24N2O/c1-5-15(6-2,17(7-3)8-4)14(18)13-10-9-11-16-12-13/h9-12H,5-8H2,1-4H3. The molecule has 0 N–H and O–H groups in total. The van der Waals surface area contributed by atoms with E-state index in [9.17, 15) is 4.79 Å². The molecule has 0 spiro atoms. The highest BCUT2D eigenvalue weighted by atomic mass is 16.1. The van der Waals surface area contributed by atoms with E-state index < -0.39 is 0 Å². The van der Waals surface area contributed by atoms with E-state index in [0.717, 1.165) is 25.9 Å². The van der Waals surface area contributed by atoms with Gasteiger partial charge in [-0.2, -0.15) is 0 Å². The van der Waals surface area contributed by atoms with Crippen LogP contribution in [-0.4, -0.2) is 34.3 Å². The van der Waals surface area contributed by atoms with E-state index in [1.165, 1.54) is 0 Å². The Bertz CT molecular complexity index is 367. The van der Waals surface area contributed by atoms with Crippen molar-refractivity contribution in [3.05, 3.63) is 30.1 Å². The van der Waals surface area contributed by atoms with Crippen molar-refractivity contribution in [3.8, 4) is 0 Å². The van der Waals surface area contributed by atoms with Gasteiger partial charge >= 0.3 is 0 Å². The van der Waals surface area contributed by atoms with Gasteiger partial charge in [0.2, 0.25) is 0 Å². The lowest BCUT2D eigenvalue weighted by atomic mass is 9.83. The van der Waals surface area contributed by atoms with Crippen LogP contribution in [0.4, 0.5) is 0 Å². The third-order valence-electron chi connectivity index (χ3n) is 3.88. The maximum Gasteiger partial charge on any atom is 0.184 e. The first-order valence-corrected chi connectivity index (χ1v) is 6.86. The lowest BCUT2D eigenvalue weighted by Gasteiger charge is -2.40. The van der Waals surface area contributed by atoms with E-state index in [4.69, 9.17) is 0 Å². The Morgan fingerprint density at radius 1 is 1.22 bits per heavy atom. The molecule has 0 aromatic carbocycles. The second-order valence-electron chi connectivity index (χ2n) is 4.48. The zero-order chi connectivity index (χ0) is 13.6. The molecule has 1 heterocycles. The molecule has 3 nitrogen and oxygen atoms in total. The summed E-state index contributed by atoms with van der Waals surface area (Å²) in [5.74, 6) is 0.198. The van der Waals surface area contributed by atoms with Crippen molar-refractivity contribution in [1.29, 1.82) is 0 Å². The fraction of sp³-hybridized carbons (Fsp3) is 0.600. The average molecular weight is 248 g/mol. The molecule has 1 aromatic heterocycles. The molecule has 0 bridgehead atoms. The van der Waals surface area contributed by atoms with Gasteiger partial charge in [0.25, 0.3) is 0 Å². The average Bonchev–Trinajstić information content (AvgIpc) is 2.45. The normalized spacial score (nSPS) is 11.8. The van der Waals surface area contributed by atoms with Crippen LogP contribution >= 0.6 is 0 Å². The maximum absolute atomic E-state index is 12.8. The van der Waals surface area contributed by atoms with Gasteiger partial charge in [0.15, 0.2) is 5.78 Å². The minimum atomic E-state index is -0.382. The van der Waals surface area contributed by atoms with E-state index in [0.29, 0.717) is 5.56 Å². The second-order valence-corrected chi connectivity index (χ2v) is 4.48. The molecule has 0 radical (unpaired) electrons. The first-order chi connectivity index (χ1) is 8.66. The molecular formula is C15H24N2O. The molecule has 0 atom stereocenters. The van der Waals surface area contributed by atoms with Gasteiger partial charge in [0, 0.05) is 18.0 Å². The molecule has 1 rings (SSSR count). The second kappa shape index (κ2) is 6.64. The highest BCUT2D eigenvalue weighted by Crippen LogP contribution is 2.28. The first-order valence-electron chi connectivity index (χ1n) is 6.86. The number of hydrogen-bond acceptors (Lipinski definition) is 3. The number of likely N-dealkylation sites (N-methyl/N-ethyl adjacent to an activating group) is 1. The Balaban J connectivity index is 3.16. The van der Waals surface area contributed by atoms with Crippen molar-refractivity contribution >= 4 is 5.78 Å². The van der Waals surface area contributed by atoms with Crippen LogP contribution in [0.5, 0.6) is 0 Å². The Morgan fingerprint density at radius 3 is 2.22 bits per heavy atom. The summed E-state index contributed by atoms with van der Waals surface area (Å²) < 4.78 is 0. The largest absolute Gasteiger partial charge is 0.292 e. The Labute approximate surface area is 110 Å². The maximum atomic E-state index is 12.8. The summed E-state index contributed by atoms with van der Waals surface area (Å²) in [6, 6.07) is 3.68. The van der Waals surface area contributed by atoms with Crippen LogP contribution in [0, 0.1) is 0 Å². The molecule has 0 saturated heterocycles. The molecule has 18 heavy (non-hydrogen) atoms. The lowest BCUT2D eigenvalue weighted by Crippen LogP contribution is -2.53. The summed E-state index contributed by atoms with van der Waals surface area (Å²) in [6.07, 6.45) is 5.04. The Hall–Kier alpha value is -1.22. The van der Waals surface area contributed by atoms with Crippen LogP contribution in [0.1, 0.15) is 50.9 Å². The molecule has 0 aliphatic heterocycles. The Kier molecular flexibility index (Phi) is 5.48. The van der Waals surface area contributed by atoms with Crippen molar-refractivity contribution in [2.45, 2.75) is 46.1 Å². The SMILES string of the molecule is CCN(CC)C(CC)(CC)C(=O)c1cccnc1. The van der Waals surface area contributed by atoms with Crippen LogP contribution in [0.15, 0.2) is 24.5 Å². The number of carbonyl (C=O) groups is 1. The molecule has 0 saturated carbocycles. The van der Waals surface area contributed by atoms with E-state index in [1.54, 1.807) is 12.4 Å². The van der Waals surface area contributed by atoms with Crippen molar-refractivity contribution in [2.75, 3.05) is 13.1 Å². The predicted molar refractivity (Wildman–Crippen MR) is 74.8 cm³/mol. The summed E-state index contributed by atoms with van der Waals surface area (Å²) in [6.45, 7) is 10.2. The molecule has 3 heteroatoms. The van der Waals surface area contributed by atoms with Crippen molar-refractivity contribution < 1.29 is 4.79 Å². The zero-order valence-electron chi connectivity index (χ0n) is 11.9. The quantitative estimate of drug-likeness (QED) is 0.695. The van der Waals surface area contributed by atoms with Crippen LogP contribution in [-0.2, 0) is 0 Å². The number of carbonyl (C=O) groups excluding carboxylic acids is 1. The summed E-state index contributed by atoms with van der Waals surface area (Å²) in [5.41, 5.74) is 0.333. The zero-order valence-corrected chi connectivity index (χ0v) is 11.9. The minimum absolute atomic E-state index is 0.198. The van der Waals surface area contributed by atoms with Gasteiger partial charge in [-0.05, 0) is 38.1 Å². The van der Waals surface area contributed by atoms with Gasteiger partial charge in [-0.1, -0.05) is 27.7 Å². The number of hydrogen-bond donors (Lipinski definition) is 0. The summed E-state index contributed by atoms with van der Waals surface area (Å²) in [4.78, 5) is 19.1. The molecule has 0 aliphatic rings. The number of nitrogens with zero attached hydrogens (tertiary/aromatic N) is 2. The molecule has 0 fully saturated rings. The van der Waals surface area contributed by atoms with Gasteiger partial charge in [-0.3, -0.25) is 14.7 Å². The third-order valence-corrected chi connectivity index (χ3v) is 3.88. The van der Waals surface area contributed by atoms with Gasteiger partial charge < -0.3 is 0 Å². The number of Topliss-reactive ketones (excluding diaryl/α,β-unsaturated/α-hetero) is 1. The minimum Gasteiger partial charge on any atom is -0.292 e. The monoisotopic (exact) mass is 248 g/mol. The van der Waals surface area contributed by atoms with Gasteiger partial charge in [-0.25, -0.2) is 0 Å². The molecule has 100 valence electrons. The summed E-state index contributed by atoms with van der Waals surface area (Å²) in [7, 11) is 0. The van der Waals surface area contributed by atoms with Crippen LogP contribution in [0.2, 0.25) is 0 Å². The van der Waals surface area contributed by atoms with Crippen LogP contribution in [0.25, 0.3) is 0 Å². The predicted octanol–water partition coefficient (Wildman–Crippen LogP) is 3.16. The topological polar surface area (TPSA) is 33.2 Å². The van der Waals surface area contributed by atoms with Crippen LogP contribution in [0.3, 0.4) is 0 Å². The number of pyridine rings is 1.